The highest BCUT2D eigenvalue weighted by atomic mass is 79.9. The Morgan fingerprint density at radius 1 is 1.56 bits per heavy atom. The van der Waals surface area contributed by atoms with E-state index in [0.717, 1.165) is 12.8 Å². The van der Waals surface area contributed by atoms with E-state index in [0.29, 0.717) is 16.8 Å². The molecule has 0 radical (unpaired) electrons. The monoisotopic (exact) mass is 284 g/mol. The average Bonchev–Trinajstić information content (AvgIpc) is 2.24. The first-order valence-electron chi connectivity index (χ1n) is 4.91. The molecule has 16 heavy (non-hydrogen) atoms. The van der Waals surface area contributed by atoms with E-state index < -0.39 is 5.97 Å². The smallest absolute Gasteiger partial charge is 0.336 e. The van der Waals surface area contributed by atoms with Gasteiger partial charge in [0, 0.05) is 4.47 Å². The summed E-state index contributed by atoms with van der Waals surface area (Å²) in [6.07, 6.45) is 3.66. The van der Waals surface area contributed by atoms with Crippen molar-refractivity contribution < 1.29 is 14.6 Å². The quantitative estimate of drug-likeness (QED) is 0.643. The van der Waals surface area contributed by atoms with Crippen molar-refractivity contribution in [2.45, 2.75) is 12.8 Å². The van der Waals surface area contributed by atoms with Crippen LogP contribution in [0.15, 0.2) is 35.3 Å². The molecule has 0 spiro atoms. The Kier molecular flexibility index (Phi) is 5.05. The Labute approximate surface area is 103 Å². The number of ether oxygens (including phenoxy) is 1. The lowest BCUT2D eigenvalue weighted by Gasteiger charge is -2.06. The molecule has 4 heteroatoms. The van der Waals surface area contributed by atoms with E-state index in [1.807, 2.05) is 6.08 Å². The minimum absolute atomic E-state index is 0.235. The summed E-state index contributed by atoms with van der Waals surface area (Å²) < 4.78 is 5.98. The summed E-state index contributed by atoms with van der Waals surface area (Å²) in [5.41, 5.74) is 0.235. The molecule has 0 aromatic heterocycles. The molecule has 0 saturated heterocycles. The van der Waals surface area contributed by atoms with Crippen LogP contribution in [0.2, 0.25) is 0 Å². The Balaban J connectivity index is 2.59. The van der Waals surface area contributed by atoms with E-state index in [1.165, 1.54) is 6.07 Å². The van der Waals surface area contributed by atoms with Gasteiger partial charge in [-0.3, -0.25) is 0 Å². The van der Waals surface area contributed by atoms with Crippen molar-refractivity contribution in [3.8, 4) is 5.75 Å². The van der Waals surface area contributed by atoms with Crippen LogP contribution >= 0.6 is 15.9 Å². The standard InChI is InChI=1S/C12H13BrO3/c1-2-3-4-7-16-9-5-6-10(12(14)15)11(13)8-9/h2,5-6,8H,1,3-4,7H2,(H,14,15). The van der Waals surface area contributed by atoms with Crippen LogP contribution in [0.3, 0.4) is 0 Å². The fourth-order valence-corrected chi connectivity index (χ4v) is 1.70. The minimum atomic E-state index is -0.954. The zero-order valence-electron chi connectivity index (χ0n) is 8.78. The maximum Gasteiger partial charge on any atom is 0.336 e. The Morgan fingerprint density at radius 3 is 2.88 bits per heavy atom. The minimum Gasteiger partial charge on any atom is -0.494 e. The van der Waals surface area contributed by atoms with E-state index >= 15 is 0 Å². The van der Waals surface area contributed by atoms with Crippen molar-refractivity contribution in [1.82, 2.24) is 0 Å². The van der Waals surface area contributed by atoms with E-state index in [4.69, 9.17) is 9.84 Å². The number of carbonyl (C=O) groups is 1. The van der Waals surface area contributed by atoms with Crippen molar-refractivity contribution in [2.24, 2.45) is 0 Å². The van der Waals surface area contributed by atoms with Gasteiger partial charge < -0.3 is 9.84 Å². The molecular formula is C12H13BrO3. The largest absolute Gasteiger partial charge is 0.494 e. The highest BCUT2D eigenvalue weighted by Crippen LogP contribution is 2.23. The number of aromatic carboxylic acids is 1. The van der Waals surface area contributed by atoms with Crippen LogP contribution in [0.4, 0.5) is 0 Å². The lowest BCUT2D eigenvalue weighted by Crippen LogP contribution is -2.00. The van der Waals surface area contributed by atoms with E-state index in [1.54, 1.807) is 12.1 Å². The first-order chi connectivity index (χ1) is 7.65. The van der Waals surface area contributed by atoms with Crippen molar-refractivity contribution in [1.29, 1.82) is 0 Å². The number of carboxylic acids is 1. The van der Waals surface area contributed by atoms with Gasteiger partial charge in [-0.05, 0) is 47.0 Å². The molecule has 0 aliphatic heterocycles. The molecule has 1 aromatic carbocycles. The molecule has 0 amide bonds. The van der Waals surface area contributed by atoms with Gasteiger partial charge in [0.05, 0.1) is 12.2 Å². The molecule has 0 bridgehead atoms. The number of unbranched alkanes of at least 4 members (excludes halogenated alkanes) is 1. The molecule has 3 nitrogen and oxygen atoms in total. The molecule has 0 fully saturated rings. The predicted molar refractivity (Wildman–Crippen MR) is 66.0 cm³/mol. The Bertz CT molecular complexity index is 388. The second-order valence-electron chi connectivity index (χ2n) is 3.23. The second-order valence-corrected chi connectivity index (χ2v) is 4.08. The molecule has 1 rings (SSSR count). The Hall–Kier alpha value is -1.29. The van der Waals surface area contributed by atoms with Crippen LogP contribution in [0, 0.1) is 0 Å². The van der Waals surface area contributed by atoms with Crippen LogP contribution < -0.4 is 4.74 Å². The van der Waals surface area contributed by atoms with E-state index in [-0.39, 0.29) is 5.56 Å². The topological polar surface area (TPSA) is 46.5 Å². The summed E-state index contributed by atoms with van der Waals surface area (Å²) in [7, 11) is 0. The summed E-state index contributed by atoms with van der Waals surface area (Å²) in [4.78, 5) is 10.8. The van der Waals surface area contributed by atoms with Gasteiger partial charge in [-0.1, -0.05) is 6.08 Å². The van der Waals surface area contributed by atoms with Gasteiger partial charge in [-0.15, -0.1) is 6.58 Å². The van der Waals surface area contributed by atoms with Gasteiger partial charge in [0.25, 0.3) is 0 Å². The van der Waals surface area contributed by atoms with Gasteiger partial charge in [-0.2, -0.15) is 0 Å². The molecule has 1 aromatic rings. The summed E-state index contributed by atoms with van der Waals surface area (Å²) in [6, 6.07) is 4.84. The van der Waals surface area contributed by atoms with Crippen molar-refractivity contribution in [3.05, 3.63) is 40.9 Å². The zero-order chi connectivity index (χ0) is 12.0. The SMILES string of the molecule is C=CCCCOc1ccc(C(=O)O)c(Br)c1. The molecule has 1 N–H and O–H groups in total. The van der Waals surface area contributed by atoms with Crippen molar-refractivity contribution >= 4 is 21.9 Å². The molecule has 0 heterocycles. The number of hydrogen-bond donors (Lipinski definition) is 1. The lowest BCUT2D eigenvalue weighted by molar-refractivity contribution is 0.0696. The molecule has 0 unspecified atom stereocenters. The molecule has 0 atom stereocenters. The molecule has 0 aliphatic rings. The number of halogens is 1. The van der Waals surface area contributed by atoms with Crippen LogP contribution in [-0.4, -0.2) is 17.7 Å². The van der Waals surface area contributed by atoms with Crippen LogP contribution in [0.1, 0.15) is 23.2 Å². The van der Waals surface area contributed by atoms with Crippen molar-refractivity contribution in [2.75, 3.05) is 6.61 Å². The highest BCUT2D eigenvalue weighted by molar-refractivity contribution is 9.10. The molecular weight excluding hydrogens is 272 g/mol. The van der Waals surface area contributed by atoms with Gasteiger partial charge in [0.2, 0.25) is 0 Å². The maximum atomic E-state index is 10.8. The summed E-state index contributed by atoms with van der Waals surface area (Å²) in [5, 5.41) is 8.82. The van der Waals surface area contributed by atoms with Crippen LogP contribution in [0.5, 0.6) is 5.75 Å². The number of allylic oxidation sites excluding steroid dienone is 1. The number of rotatable bonds is 6. The van der Waals surface area contributed by atoms with Gasteiger partial charge in [-0.25, -0.2) is 4.79 Å². The van der Waals surface area contributed by atoms with E-state index in [2.05, 4.69) is 22.5 Å². The summed E-state index contributed by atoms with van der Waals surface area (Å²) in [5.74, 6) is -0.286. The molecule has 0 saturated carbocycles. The third-order valence-corrected chi connectivity index (χ3v) is 2.65. The Morgan fingerprint density at radius 2 is 2.31 bits per heavy atom. The number of hydrogen-bond acceptors (Lipinski definition) is 2. The van der Waals surface area contributed by atoms with E-state index in [9.17, 15) is 4.79 Å². The summed E-state index contributed by atoms with van der Waals surface area (Å²) in [6.45, 7) is 4.22. The molecule has 0 aliphatic carbocycles. The van der Waals surface area contributed by atoms with Gasteiger partial charge >= 0.3 is 5.97 Å². The summed E-state index contributed by atoms with van der Waals surface area (Å²) >= 11 is 3.19. The third kappa shape index (κ3) is 3.70. The van der Waals surface area contributed by atoms with Gasteiger partial charge in [0.15, 0.2) is 0 Å². The first kappa shape index (κ1) is 12.8. The average molecular weight is 285 g/mol. The molecule has 86 valence electrons. The maximum absolute atomic E-state index is 10.8. The predicted octanol–water partition coefficient (Wildman–Crippen LogP) is 3.49. The number of carboxylic acid groups (broad SMARTS) is 1. The third-order valence-electron chi connectivity index (χ3n) is 1.99. The zero-order valence-corrected chi connectivity index (χ0v) is 10.4. The fourth-order valence-electron chi connectivity index (χ4n) is 1.18. The lowest BCUT2D eigenvalue weighted by atomic mass is 10.2. The normalized spacial score (nSPS) is 9.81. The number of benzene rings is 1. The van der Waals surface area contributed by atoms with Crippen molar-refractivity contribution in [3.63, 3.8) is 0 Å². The first-order valence-corrected chi connectivity index (χ1v) is 5.71. The van der Waals surface area contributed by atoms with Crippen LogP contribution in [-0.2, 0) is 0 Å². The fraction of sp³-hybridized carbons (Fsp3) is 0.250. The van der Waals surface area contributed by atoms with Crippen LogP contribution in [0.25, 0.3) is 0 Å². The second kappa shape index (κ2) is 6.33. The van der Waals surface area contributed by atoms with Gasteiger partial charge in [0.1, 0.15) is 5.75 Å². The highest BCUT2D eigenvalue weighted by Gasteiger charge is 2.08.